The lowest BCUT2D eigenvalue weighted by Gasteiger charge is -2.10. The molecule has 0 saturated heterocycles. The highest BCUT2D eigenvalue weighted by Gasteiger charge is 2.10. The zero-order valence-electron chi connectivity index (χ0n) is 14.5. The normalized spacial score (nSPS) is 10.5. The Bertz CT molecular complexity index is 989. The molecule has 0 radical (unpaired) electrons. The predicted octanol–water partition coefficient (Wildman–Crippen LogP) is 3.56. The Morgan fingerprint density at radius 3 is 2.69 bits per heavy atom. The molecule has 26 heavy (non-hydrogen) atoms. The van der Waals surface area contributed by atoms with Crippen molar-refractivity contribution in [3.63, 3.8) is 0 Å². The van der Waals surface area contributed by atoms with Crippen LogP contribution in [0, 0.1) is 0 Å². The second-order valence-corrected chi connectivity index (χ2v) is 5.49. The van der Waals surface area contributed by atoms with Crippen LogP contribution in [0.2, 0.25) is 0 Å². The maximum atomic E-state index is 11.8. The van der Waals surface area contributed by atoms with Crippen LogP contribution in [-0.2, 0) is 11.3 Å². The average Bonchev–Trinajstić information content (AvgIpc) is 2.65. The summed E-state index contributed by atoms with van der Waals surface area (Å²) < 4.78 is 21.1. The zero-order chi connectivity index (χ0) is 18.5. The lowest BCUT2D eigenvalue weighted by molar-refractivity contribution is 0.0526. The quantitative estimate of drug-likeness (QED) is 0.498. The third kappa shape index (κ3) is 3.85. The van der Waals surface area contributed by atoms with E-state index < -0.39 is 11.6 Å². The van der Waals surface area contributed by atoms with Gasteiger partial charge in [-0.3, -0.25) is 0 Å². The molecule has 0 atom stereocenters. The summed E-state index contributed by atoms with van der Waals surface area (Å²) in [5, 5.41) is 0.756. The third-order valence-electron chi connectivity index (χ3n) is 3.78. The van der Waals surface area contributed by atoms with Crippen molar-refractivity contribution in [2.75, 3.05) is 13.7 Å². The number of hydrogen-bond acceptors (Lipinski definition) is 6. The van der Waals surface area contributed by atoms with Crippen LogP contribution in [0.3, 0.4) is 0 Å². The van der Waals surface area contributed by atoms with Crippen molar-refractivity contribution >= 4 is 16.9 Å². The van der Waals surface area contributed by atoms with Gasteiger partial charge in [0.2, 0.25) is 0 Å². The number of carbonyl (C=O) groups excluding carboxylic acids is 1. The predicted molar refractivity (Wildman–Crippen MR) is 95.8 cm³/mol. The van der Waals surface area contributed by atoms with E-state index in [2.05, 4.69) is 0 Å². The zero-order valence-corrected chi connectivity index (χ0v) is 14.5. The standard InChI is InChI=1S/C20H18O6/c1-3-24-20(22)13-5-4-6-16(9-13)25-12-14-10-19(21)26-18-11-15(23-2)7-8-17(14)18/h4-11H,3,12H2,1-2H3. The summed E-state index contributed by atoms with van der Waals surface area (Å²) in [6.07, 6.45) is 0. The maximum absolute atomic E-state index is 11.8. The maximum Gasteiger partial charge on any atom is 0.338 e. The summed E-state index contributed by atoms with van der Waals surface area (Å²) in [6.45, 7) is 2.21. The van der Waals surface area contributed by atoms with Gasteiger partial charge in [-0.2, -0.15) is 0 Å². The van der Waals surface area contributed by atoms with Gasteiger partial charge in [0.15, 0.2) is 0 Å². The number of hydrogen-bond donors (Lipinski definition) is 0. The number of rotatable bonds is 6. The Balaban J connectivity index is 1.85. The Morgan fingerprint density at radius 2 is 1.92 bits per heavy atom. The van der Waals surface area contributed by atoms with Crippen molar-refractivity contribution in [3.8, 4) is 11.5 Å². The van der Waals surface area contributed by atoms with E-state index in [0.29, 0.717) is 34.8 Å². The summed E-state index contributed by atoms with van der Waals surface area (Å²) in [5.74, 6) is 0.696. The Morgan fingerprint density at radius 1 is 1.08 bits per heavy atom. The van der Waals surface area contributed by atoms with Gasteiger partial charge in [0, 0.05) is 23.1 Å². The second kappa shape index (κ2) is 7.74. The van der Waals surface area contributed by atoms with Crippen LogP contribution in [0.5, 0.6) is 11.5 Å². The highest BCUT2D eigenvalue weighted by Crippen LogP contribution is 2.24. The highest BCUT2D eigenvalue weighted by atomic mass is 16.5. The van der Waals surface area contributed by atoms with Crippen LogP contribution < -0.4 is 15.1 Å². The van der Waals surface area contributed by atoms with E-state index in [1.165, 1.54) is 6.07 Å². The summed E-state index contributed by atoms with van der Waals surface area (Å²) in [5.41, 5.74) is 1.05. The Hall–Kier alpha value is -3.28. The molecular formula is C20H18O6. The van der Waals surface area contributed by atoms with E-state index in [0.717, 1.165) is 5.39 Å². The summed E-state index contributed by atoms with van der Waals surface area (Å²) >= 11 is 0. The lowest BCUT2D eigenvalue weighted by Crippen LogP contribution is -2.06. The van der Waals surface area contributed by atoms with E-state index in [1.807, 2.05) is 6.07 Å². The second-order valence-electron chi connectivity index (χ2n) is 5.49. The number of carbonyl (C=O) groups is 1. The van der Waals surface area contributed by atoms with E-state index >= 15 is 0 Å². The van der Waals surface area contributed by atoms with Crippen molar-refractivity contribution in [3.05, 3.63) is 70.1 Å². The Labute approximate surface area is 149 Å². The number of ether oxygens (including phenoxy) is 3. The number of benzene rings is 2. The van der Waals surface area contributed by atoms with Crippen molar-refractivity contribution in [2.24, 2.45) is 0 Å². The number of esters is 1. The summed E-state index contributed by atoms with van der Waals surface area (Å²) in [6, 6.07) is 13.4. The number of fused-ring (bicyclic) bond motifs is 1. The SMILES string of the molecule is CCOC(=O)c1cccc(OCc2cc(=O)oc3cc(OC)ccc23)c1. The van der Waals surface area contributed by atoms with Gasteiger partial charge in [0.1, 0.15) is 23.7 Å². The molecule has 0 aliphatic heterocycles. The van der Waals surface area contributed by atoms with E-state index in [4.69, 9.17) is 18.6 Å². The molecule has 0 spiro atoms. The van der Waals surface area contributed by atoms with Gasteiger partial charge in [-0.05, 0) is 37.3 Å². The minimum Gasteiger partial charge on any atom is -0.497 e. The van der Waals surface area contributed by atoms with Gasteiger partial charge < -0.3 is 18.6 Å². The van der Waals surface area contributed by atoms with Crippen LogP contribution in [-0.4, -0.2) is 19.7 Å². The molecule has 3 rings (SSSR count). The van der Waals surface area contributed by atoms with Crippen molar-refractivity contribution in [1.29, 1.82) is 0 Å². The first-order valence-electron chi connectivity index (χ1n) is 8.11. The molecule has 3 aromatic rings. The van der Waals surface area contributed by atoms with Crippen LogP contribution in [0.1, 0.15) is 22.8 Å². The third-order valence-corrected chi connectivity index (χ3v) is 3.78. The Kier molecular flexibility index (Phi) is 5.22. The molecule has 1 heterocycles. The molecule has 0 aliphatic carbocycles. The van der Waals surface area contributed by atoms with Crippen molar-refractivity contribution < 1.29 is 23.4 Å². The topological polar surface area (TPSA) is 75.0 Å². The van der Waals surface area contributed by atoms with Gasteiger partial charge >= 0.3 is 11.6 Å². The average molecular weight is 354 g/mol. The van der Waals surface area contributed by atoms with Gasteiger partial charge in [0.25, 0.3) is 0 Å². The van der Waals surface area contributed by atoms with Crippen molar-refractivity contribution in [1.82, 2.24) is 0 Å². The fourth-order valence-corrected chi connectivity index (χ4v) is 2.54. The molecule has 1 aromatic heterocycles. The van der Waals surface area contributed by atoms with Crippen LogP contribution in [0.15, 0.2) is 57.7 Å². The van der Waals surface area contributed by atoms with Gasteiger partial charge in [0.05, 0.1) is 19.3 Å². The van der Waals surface area contributed by atoms with E-state index in [-0.39, 0.29) is 6.61 Å². The highest BCUT2D eigenvalue weighted by molar-refractivity contribution is 5.89. The van der Waals surface area contributed by atoms with E-state index in [9.17, 15) is 9.59 Å². The van der Waals surface area contributed by atoms with E-state index in [1.54, 1.807) is 50.4 Å². The van der Waals surface area contributed by atoms with Crippen LogP contribution in [0.4, 0.5) is 0 Å². The number of methoxy groups -OCH3 is 1. The molecule has 0 aliphatic rings. The lowest BCUT2D eigenvalue weighted by atomic mass is 10.1. The molecule has 0 fully saturated rings. The van der Waals surface area contributed by atoms with Crippen LogP contribution in [0.25, 0.3) is 11.0 Å². The smallest absolute Gasteiger partial charge is 0.338 e. The molecule has 0 amide bonds. The first-order chi connectivity index (χ1) is 12.6. The molecule has 6 nitrogen and oxygen atoms in total. The summed E-state index contributed by atoms with van der Waals surface area (Å²) in [7, 11) is 1.54. The van der Waals surface area contributed by atoms with Crippen LogP contribution >= 0.6 is 0 Å². The largest absolute Gasteiger partial charge is 0.497 e. The molecule has 0 bridgehead atoms. The molecule has 0 saturated carbocycles. The fraction of sp³-hybridized carbons (Fsp3) is 0.200. The minimum atomic E-state index is -0.468. The molecule has 6 heteroatoms. The molecule has 0 unspecified atom stereocenters. The monoisotopic (exact) mass is 354 g/mol. The van der Waals surface area contributed by atoms with Gasteiger partial charge in [-0.25, -0.2) is 9.59 Å². The van der Waals surface area contributed by atoms with Gasteiger partial charge in [-0.1, -0.05) is 6.07 Å². The molecular weight excluding hydrogens is 336 g/mol. The molecule has 134 valence electrons. The van der Waals surface area contributed by atoms with Gasteiger partial charge in [-0.15, -0.1) is 0 Å². The first-order valence-corrected chi connectivity index (χ1v) is 8.11. The first kappa shape index (κ1) is 17.5. The minimum absolute atomic E-state index is 0.153. The van der Waals surface area contributed by atoms with Crippen molar-refractivity contribution in [2.45, 2.75) is 13.5 Å². The molecule has 2 aromatic carbocycles. The summed E-state index contributed by atoms with van der Waals surface area (Å²) in [4.78, 5) is 23.6. The fourth-order valence-electron chi connectivity index (χ4n) is 2.54. The molecule has 0 N–H and O–H groups in total.